The number of pyridine rings is 1. The minimum Gasteiger partial charge on any atom is -0.406 e. The monoisotopic (exact) mass is 325 g/mol. The van der Waals surface area contributed by atoms with Gasteiger partial charge in [-0.15, -0.1) is 13.2 Å². The third-order valence-corrected chi connectivity index (χ3v) is 2.55. The zero-order chi connectivity index (χ0) is 16.5. The van der Waals surface area contributed by atoms with Crippen molar-refractivity contribution in [2.24, 2.45) is 0 Å². The molecule has 2 rings (SSSR count). The molecule has 0 aliphatic carbocycles. The Balaban J connectivity index is 2.45. The van der Waals surface area contributed by atoms with Gasteiger partial charge in [0, 0.05) is 11.8 Å². The van der Waals surface area contributed by atoms with Gasteiger partial charge in [0.15, 0.2) is 5.69 Å². The van der Waals surface area contributed by atoms with E-state index in [2.05, 4.69) is 9.72 Å². The summed E-state index contributed by atoms with van der Waals surface area (Å²) >= 11 is 0. The Morgan fingerprint density at radius 2 is 1.45 bits per heavy atom. The predicted octanol–water partition coefficient (Wildman–Crippen LogP) is 4.81. The number of hydrogen-bond acceptors (Lipinski definition) is 2. The molecule has 0 aliphatic rings. The van der Waals surface area contributed by atoms with Crippen molar-refractivity contribution in [2.45, 2.75) is 12.5 Å². The number of nitrogens with zero attached hydrogens (tertiary/aromatic N) is 1. The van der Waals surface area contributed by atoms with Crippen LogP contribution in [0.15, 0.2) is 36.5 Å². The summed E-state index contributed by atoms with van der Waals surface area (Å²) in [4.78, 5) is 3.09. The summed E-state index contributed by atoms with van der Waals surface area (Å²) in [6, 6.07) is 4.07. The zero-order valence-electron chi connectivity index (χ0n) is 10.5. The van der Waals surface area contributed by atoms with Crippen LogP contribution in [0.4, 0.5) is 30.7 Å². The summed E-state index contributed by atoms with van der Waals surface area (Å²) in [6.07, 6.45) is -9.18. The predicted molar refractivity (Wildman–Crippen MR) is 61.3 cm³/mol. The van der Waals surface area contributed by atoms with Crippen molar-refractivity contribution in [3.05, 3.63) is 48.0 Å². The number of halogens is 7. The van der Waals surface area contributed by atoms with Crippen LogP contribution in [0.5, 0.6) is 5.75 Å². The Bertz CT molecular complexity index is 662. The molecule has 1 aromatic carbocycles. The van der Waals surface area contributed by atoms with Crippen LogP contribution in [0.1, 0.15) is 5.69 Å². The number of benzene rings is 1. The number of rotatable bonds is 2. The smallest absolute Gasteiger partial charge is 0.406 e. The van der Waals surface area contributed by atoms with E-state index in [0.717, 1.165) is 30.3 Å². The van der Waals surface area contributed by atoms with E-state index >= 15 is 0 Å². The van der Waals surface area contributed by atoms with Crippen molar-refractivity contribution in [3.8, 4) is 16.9 Å². The number of hydrogen-bond donors (Lipinski definition) is 0. The maximum atomic E-state index is 13.7. The van der Waals surface area contributed by atoms with Gasteiger partial charge in [0.1, 0.15) is 11.6 Å². The van der Waals surface area contributed by atoms with Crippen LogP contribution in [0.2, 0.25) is 0 Å². The van der Waals surface area contributed by atoms with E-state index in [1.807, 2.05) is 0 Å². The maximum absolute atomic E-state index is 13.7. The molecule has 0 atom stereocenters. The molecule has 0 radical (unpaired) electrons. The van der Waals surface area contributed by atoms with Crippen LogP contribution in [-0.2, 0) is 6.18 Å². The van der Waals surface area contributed by atoms with Crippen LogP contribution in [0.3, 0.4) is 0 Å². The highest BCUT2D eigenvalue weighted by Crippen LogP contribution is 2.37. The Hall–Kier alpha value is -2.32. The first kappa shape index (κ1) is 16.1. The molecule has 2 nitrogen and oxygen atoms in total. The van der Waals surface area contributed by atoms with Gasteiger partial charge in [-0.3, -0.25) is 4.98 Å². The zero-order valence-corrected chi connectivity index (χ0v) is 10.5. The molecule has 1 heterocycles. The van der Waals surface area contributed by atoms with E-state index in [1.165, 1.54) is 0 Å². The summed E-state index contributed by atoms with van der Waals surface area (Å²) in [6.45, 7) is 0. The molecule has 2 aromatic rings. The number of aromatic nitrogens is 1. The third kappa shape index (κ3) is 3.66. The van der Waals surface area contributed by atoms with Gasteiger partial charge in [0.05, 0.1) is 0 Å². The lowest BCUT2D eigenvalue weighted by molar-refractivity contribution is -0.274. The van der Waals surface area contributed by atoms with Gasteiger partial charge < -0.3 is 4.74 Å². The van der Waals surface area contributed by atoms with Crippen LogP contribution in [-0.4, -0.2) is 11.3 Å². The van der Waals surface area contributed by atoms with Crippen molar-refractivity contribution >= 4 is 0 Å². The summed E-state index contributed by atoms with van der Waals surface area (Å²) in [7, 11) is 0. The molecule has 0 spiro atoms. The minimum absolute atomic E-state index is 0.271. The second kappa shape index (κ2) is 5.47. The van der Waals surface area contributed by atoms with E-state index in [-0.39, 0.29) is 5.56 Å². The molecule has 0 unspecified atom stereocenters. The van der Waals surface area contributed by atoms with Gasteiger partial charge in [-0.2, -0.15) is 13.2 Å². The SMILES string of the molecule is Fc1ccnc(C(F)(F)F)c1-c1ccc(OC(F)(F)F)cc1. The van der Waals surface area contributed by atoms with Gasteiger partial charge in [0.25, 0.3) is 0 Å². The van der Waals surface area contributed by atoms with E-state index in [1.54, 1.807) is 0 Å². The molecular formula is C13H6F7NO. The van der Waals surface area contributed by atoms with Crippen molar-refractivity contribution < 1.29 is 35.5 Å². The molecule has 0 saturated carbocycles. The fraction of sp³-hybridized carbons (Fsp3) is 0.154. The van der Waals surface area contributed by atoms with E-state index in [0.29, 0.717) is 6.20 Å². The number of alkyl halides is 6. The molecule has 0 N–H and O–H groups in total. The summed E-state index contributed by atoms with van der Waals surface area (Å²) < 4.78 is 91.7. The van der Waals surface area contributed by atoms with E-state index < -0.39 is 35.4 Å². The molecule has 9 heteroatoms. The molecule has 0 saturated heterocycles. The minimum atomic E-state index is -4.93. The van der Waals surface area contributed by atoms with Gasteiger partial charge in [-0.25, -0.2) is 4.39 Å². The van der Waals surface area contributed by atoms with Crippen molar-refractivity contribution in [3.63, 3.8) is 0 Å². The van der Waals surface area contributed by atoms with Crippen LogP contribution in [0, 0.1) is 5.82 Å². The summed E-state index contributed by atoms with van der Waals surface area (Å²) in [5.41, 5.74) is -2.57. The van der Waals surface area contributed by atoms with Crippen LogP contribution in [0.25, 0.3) is 11.1 Å². The first-order chi connectivity index (χ1) is 10.1. The van der Waals surface area contributed by atoms with Gasteiger partial charge >= 0.3 is 12.5 Å². The summed E-state index contributed by atoms with van der Waals surface area (Å²) in [5, 5.41) is 0. The van der Waals surface area contributed by atoms with Crippen LogP contribution < -0.4 is 4.74 Å². The Labute approximate surface area is 119 Å². The molecule has 0 amide bonds. The molecule has 1 aromatic heterocycles. The fourth-order valence-electron chi connectivity index (χ4n) is 1.75. The first-order valence-corrected chi connectivity index (χ1v) is 5.66. The number of ether oxygens (including phenoxy) is 1. The van der Waals surface area contributed by atoms with Crippen molar-refractivity contribution in [1.82, 2.24) is 4.98 Å². The molecule has 118 valence electrons. The second-order valence-corrected chi connectivity index (χ2v) is 4.09. The standard InChI is InChI=1S/C13H6F7NO/c14-9-5-6-21-11(12(15,16)17)10(9)7-1-3-8(4-2-7)22-13(18,19)20/h1-6H. The normalized spacial score (nSPS) is 12.3. The average Bonchev–Trinajstić information content (AvgIpc) is 2.37. The van der Waals surface area contributed by atoms with Crippen molar-refractivity contribution in [1.29, 1.82) is 0 Å². The Morgan fingerprint density at radius 1 is 0.864 bits per heavy atom. The molecule has 0 fully saturated rings. The highest BCUT2D eigenvalue weighted by molar-refractivity contribution is 5.67. The topological polar surface area (TPSA) is 22.1 Å². The molecule has 0 aliphatic heterocycles. The van der Waals surface area contributed by atoms with Crippen LogP contribution >= 0.6 is 0 Å². The largest absolute Gasteiger partial charge is 0.573 e. The van der Waals surface area contributed by atoms with E-state index in [9.17, 15) is 30.7 Å². The molecule has 22 heavy (non-hydrogen) atoms. The van der Waals surface area contributed by atoms with Gasteiger partial charge in [-0.05, 0) is 23.8 Å². The lowest BCUT2D eigenvalue weighted by Crippen LogP contribution is -2.17. The highest BCUT2D eigenvalue weighted by Gasteiger charge is 2.37. The maximum Gasteiger partial charge on any atom is 0.573 e. The second-order valence-electron chi connectivity index (χ2n) is 4.09. The first-order valence-electron chi connectivity index (χ1n) is 5.66. The fourth-order valence-corrected chi connectivity index (χ4v) is 1.75. The molecular weight excluding hydrogens is 319 g/mol. The summed E-state index contributed by atoms with van der Waals surface area (Å²) in [5.74, 6) is -1.82. The molecule has 0 bridgehead atoms. The lowest BCUT2D eigenvalue weighted by atomic mass is 10.0. The lowest BCUT2D eigenvalue weighted by Gasteiger charge is -2.13. The van der Waals surface area contributed by atoms with E-state index in [4.69, 9.17) is 0 Å². The third-order valence-electron chi connectivity index (χ3n) is 2.55. The quantitative estimate of drug-likeness (QED) is 0.740. The Morgan fingerprint density at radius 3 is 1.95 bits per heavy atom. The van der Waals surface area contributed by atoms with Gasteiger partial charge in [-0.1, -0.05) is 12.1 Å². The van der Waals surface area contributed by atoms with Gasteiger partial charge in [0.2, 0.25) is 0 Å². The van der Waals surface area contributed by atoms with Crippen molar-refractivity contribution in [2.75, 3.05) is 0 Å². The highest BCUT2D eigenvalue weighted by atomic mass is 19.4. The average molecular weight is 325 g/mol. The Kier molecular flexibility index (Phi) is 3.99.